The second-order valence-electron chi connectivity index (χ2n) is 11.1. The molecule has 1 saturated heterocycles. The number of hydrogen-bond donors (Lipinski definition) is 3. The van der Waals surface area contributed by atoms with Gasteiger partial charge in [0.15, 0.2) is 12.1 Å². The van der Waals surface area contributed by atoms with Gasteiger partial charge < -0.3 is 10.1 Å². The molecule has 10 heteroatoms. The zero-order valence-corrected chi connectivity index (χ0v) is 26.4. The predicted molar refractivity (Wildman–Crippen MR) is 176 cm³/mol. The molecule has 0 radical (unpaired) electrons. The van der Waals surface area contributed by atoms with Gasteiger partial charge in [-0.2, -0.15) is 0 Å². The first-order valence-corrected chi connectivity index (χ1v) is 15.5. The lowest BCUT2D eigenvalue weighted by atomic mass is 9.94. The third-order valence-corrected chi connectivity index (χ3v) is 8.34. The normalized spacial score (nSPS) is 22.7. The third-order valence-electron chi connectivity index (χ3n) is 8.03. The number of nitrogens with one attached hydrogen (secondary N) is 3. The van der Waals surface area contributed by atoms with E-state index in [0.717, 1.165) is 55.8 Å². The molecule has 2 aromatic rings. The first-order chi connectivity index (χ1) is 21.4. The summed E-state index contributed by atoms with van der Waals surface area (Å²) in [7, 11) is 0. The van der Waals surface area contributed by atoms with Crippen LogP contribution in [0.4, 0.5) is 0 Å². The number of allylic oxidation sites excluding steroid dienone is 1. The molecule has 4 aliphatic heterocycles. The van der Waals surface area contributed by atoms with Gasteiger partial charge in [0.25, 0.3) is 5.91 Å². The zero-order chi connectivity index (χ0) is 31.2. The number of halogens is 1. The second-order valence-corrected chi connectivity index (χ2v) is 11.5. The topological polar surface area (TPSA) is 99.6 Å². The van der Waals surface area contributed by atoms with Crippen LogP contribution in [-0.2, 0) is 34.0 Å². The fraction of sp³-hybridized carbons (Fsp3) is 0.382. The average molecular weight is 617 g/mol. The van der Waals surface area contributed by atoms with Crippen molar-refractivity contribution in [2.24, 2.45) is 9.98 Å². The van der Waals surface area contributed by atoms with Crippen LogP contribution in [0.1, 0.15) is 61.4 Å². The smallest absolute Gasteiger partial charge is 0.260 e. The number of nitrogens with zero attached hydrogens (tertiary/aromatic N) is 3. The van der Waals surface area contributed by atoms with Gasteiger partial charge in [0.05, 0.1) is 12.7 Å². The number of hydroxylamine groups is 1. The fourth-order valence-corrected chi connectivity index (χ4v) is 6.10. The molecular formula is C34H41ClN6O3. The monoisotopic (exact) mass is 616 g/mol. The summed E-state index contributed by atoms with van der Waals surface area (Å²) < 4.78 is 5.52. The Morgan fingerprint density at radius 2 is 1.95 bits per heavy atom. The van der Waals surface area contributed by atoms with Crippen LogP contribution in [0.15, 0.2) is 77.3 Å². The summed E-state index contributed by atoms with van der Waals surface area (Å²) in [5.41, 5.74) is 9.32. The van der Waals surface area contributed by atoms with E-state index < -0.39 is 0 Å². The summed E-state index contributed by atoms with van der Waals surface area (Å²) in [4.78, 5) is 31.0. The minimum Gasteiger partial charge on any atom is -0.381 e. The highest BCUT2D eigenvalue weighted by atomic mass is 35.5. The standard InChI is InChI=1S/C32H37ClN6O3.C2H4/c1-4-22-14-28(27-8-7-23(15-29(27)33)30-37-20(3)42-38-30)32(40)39(18-21-5-6-24-16-34-17-25(24)13-21)31(22)36-19(2)35-26-9-11-41-12-10-26;1-2/h4-8,13-15,19-20,26,34-35H,9-12,16-18H2,1-3H3,(H,37,38);1-2H2/b22-4-,36-31+;. The number of hydrogen-bond acceptors (Lipinski definition) is 8. The van der Waals surface area contributed by atoms with E-state index in [1.807, 2.05) is 51.1 Å². The highest BCUT2D eigenvalue weighted by molar-refractivity contribution is 6.37. The molecule has 44 heavy (non-hydrogen) atoms. The van der Waals surface area contributed by atoms with Crippen molar-refractivity contribution >= 4 is 34.8 Å². The number of amides is 1. The molecule has 0 aliphatic carbocycles. The van der Waals surface area contributed by atoms with Gasteiger partial charge in [-0.1, -0.05) is 48.0 Å². The fourth-order valence-electron chi connectivity index (χ4n) is 5.82. The quantitative estimate of drug-likeness (QED) is 0.367. The lowest BCUT2D eigenvalue weighted by molar-refractivity contribution is -0.122. The number of carbonyl (C=O) groups excluding carboxylic acids is 1. The summed E-state index contributed by atoms with van der Waals surface area (Å²) >= 11 is 6.82. The van der Waals surface area contributed by atoms with Crippen LogP contribution in [-0.4, -0.2) is 54.1 Å². The van der Waals surface area contributed by atoms with E-state index in [0.29, 0.717) is 40.4 Å². The summed E-state index contributed by atoms with van der Waals surface area (Å²) in [5, 5.41) is 7.49. The molecule has 4 heterocycles. The predicted octanol–water partition coefficient (Wildman–Crippen LogP) is 5.26. The number of fused-ring (bicyclic) bond motifs is 1. The summed E-state index contributed by atoms with van der Waals surface area (Å²) in [5.74, 6) is 1.13. The van der Waals surface area contributed by atoms with Gasteiger partial charge in [0, 0.05) is 59.6 Å². The van der Waals surface area contributed by atoms with Crippen molar-refractivity contribution < 1.29 is 14.4 Å². The second kappa shape index (κ2) is 14.5. The summed E-state index contributed by atoms with van der Waals surface area (Å²) in [6, 6.07) is 12.4. The van der Waals surface area contributed by atoms with Crippen molar-refractivity contribution in [3.8, 4) is 0 Å². The maximum absolute atomic E-state index is 14.3. The van der Waals surface area contributed by atoms with Gasteiger partial charge >= 0.3 is 0 Å². The minimum absolute atomic E-state index is 0.140. The van der Waals surface area contributed by atoms with Crippen LogP contribution in [0.3, 0.4) is 0 Å². The van der Waals surface area contributed by atoms with Crippen LogP contribution in [0.25, 0.3) is 5.57 Å². The molecule has 2 unspecified atom stereocenters. The van der Waals surface area contributed by atoms with Crippen LogP contribution < -0.4 is 16.1 Å². The van der Waals surface area contributed by atoms with Crippen molar-refractivity contribution in [2.45, 2.75) is 71.7 Å². The van der Waals surface area contributed by atoms with E-state index in [9.17, 15) is 4.79 Å². The first kappa shape index (κ1) is 31.8. The molecule has 0 bridgehead atoms. The largest absolute Gasteiger partial charge is 0.381 e. The van der Waals surface area contributed by atoms with Crippen LogP contribution in [0.2, 0.25) is 5.02 Å². The van der Waals surface area contributed by atoms with Gasteiger partial charge in [-0.3, -0.25) is 15.0 Å². The van der Waals surface area contributed by atoms with E-state index in [1.54, 1.807) is 4.90 Å². The van der Waals surface area contributed by atoms with E-state index in [1.165, 1.54) is 11.1 Å². The Bertz CT molecular complexity index is 1510. The number of carbonyl (C=O) groups is 1. The molecule has 232 valence electrons. The van der Waals surface area contributed by atoms with E-state index in [4.69, 9.17) is 26.2 Å². The molecule has 0 aromatic heterocycles. The Labute approximate surface area is 264 Å². The Morgan fingerprint density at radius 3 is 2.66 bits per heavy atom. The Morgan fingerprint density at radius 1 is 1.18 bits per heavy atom. The number of amidine groups is 2. The third kappa shape index (κ3) is 7.03. The molecule has 1 fully saturated rings. The molecule has 3 N–H and O–H groups in total. The van der Waals surface area contributed by atoms with Crippen molar-refractivity contribution in [2.75, 3.05) is 13.2 Å². The molecule has 2 atom stereocenters. The van der Waals surface area contributed by atoms with Crippen molar-refractivity contribution in [1.29, 1.82) is 0 Å². The Balaban J connectivity index is 0.00000188. The highest BCUT2D eigenvalue weighted by Gasteiger charge is 2.33. The van der Waals surface area contributed by atoms with Crippen LogP contribution >= 0.6 is 11.6 Å². The van der Waals surface area contributed by atoms with Gasteiger partial charge in [0.1, 0.15) is 5.84 Å². The van der Waals surface area contributed by atoms with E-state index in [-0.39, 0.29) is 18.3 Å². The lowest BCUT2D eigenvalue weighted by Crippen LogP contribution is -2.44. The SMILES string of the molecule is C/C=C1/C=C(c2ccc(C3=NC(C)ON3)cc2Cl)C(=O)N(Cc2ccc3c(c2)CNC3)/C1=N/C(C)NC1CCOCC1.C=C. The molecule has 4 aliphatic rings. The van der Waals surface area contributed by atoms with Crippen LogP contribution in [0.5, 0.6) is 0 Å². The molecule has 0 saturated carbocycles. The minimum atomic E-state index is -0.275. The van der Waals surface area contributed by atoms with Crippen molar-refractivity contribution in [3.63, 3.8) is 0 Å². The summed E-state index contributed by atoms with van der Waals surface area (Å²) in [6.45, 7) is 15.5. The Kier molecular flexibility index (Phi) is 10.5. The molecule has 2 aromatic carbocycles. The van der Waals surface area contributed by atoms with Gasteiger partial charge in [-0.15, -0.1) is 13.2 Å². The molecule has 9 nitrogen and oxygen atoms in total. The molecule has 1 amide bonds. The van der Waals surface area contributed by atoms with Crippen molar-refractivity contribution in [1.82, 2.24) is 21.0 Å². The summed E-state index contributed by atoms with van der Waals surface area (Å²) in [6.07, 6.45) is 5.35. The van der Waals surface area contributed by atoms with Gasteiger partial charge in [0.2, 0.25) is 0 Å². The van der Waals surface area contributed by atoms with E-state index in [2.05, 4.69) is 52.5 Å². The number of aliphatic imine (C=N–C) groups is 2. The average Bonchev–Trinajstić information content (AvgIpc) is 3.69. The first-order valence-electron chi connectivity index (χ1n) is 15.1. The number of benzene rings is 2. The molecular weight excluding hydrogens is 576 g/mol. The highest BCUT2D eigenvalue weighted by Crippen LogP contribution is 2.33. The maximum Gasteiger partial charge on any atom is 0.260 e. The zero-order valence-electron chi connectivity index (χ0n) is 25.7. The Hall–Kier alpha value is -3.60. The van der Waals surface area contributed by atoms with Gasteiger partial charge in [-0.25, -0.2) is 20.3 Å². The molecule has 0 spiro atoms. The lowest BCUT2D eigenvalue weighted by Gasteiger charge is -2.32. The van der Waals surface area contributed by atoms with Crippen LogP contribution in [0, 0.1) is 0 Å². The molecule has 6 rings (SSSR count). The van der Waals surface area contributed by atoms with E-state index >= 15 is 0 Å². The number of ether oxygens (including phenoxy) is 1. The number of rotatable bonds is 7. The van der Waals surface area contributed by atoms with Crippen molar-refractivity contribution in [3.05, 3.63) is 100 Å². The maximum atomic E-state index is 14.3. The van der Waals surface area contributed by atoms with Gasteiger partial charge in [-0.05, 0) is 62.4 Å².